The van der Waals surface area contributed by atoms with Crippen molar-refractivity contribution in [3.05, 3.63) is 41.1 Å². The van der Waals surface area contributed by atoms with Crippen LogP contribution in [0.1, 0.15) is 58.1 Å². The molecule has 1 aliphatic heterocycles. The van der Waals surface area contributed by atoms with Gasteiger partial charge < -0.3 is 20.1 Å². The van der Waals surface area contributed by atoms with Crippen LogP contribution in [-0.2, 0) is 9.53 Å². The van der Waals surface area contributed by atoms with E-state index in [1.54, 1.807) is 0 Å². The van der Waals surface area contributed by atoms with Gasteiger partial charge in [-0.15, -0.1) is 0 Å². The van der Waals surface area contributed by atoms with E-state index in [2.05, 4.69) is 17.6 Å². The zero-order chi connectivity index (χ0) is 19.8. The Morgan fingerprint density at radius 3 is 2.59 bits per heavy atom. The lowest BCUT2D eigenvalue weighted by molar-refractivity contribution is -0.136. The maximum Gasteiger partial charge on any atom is 0.337 e. The van der Waals surface area contributed by atoms with Gasteiger partial charge in [0.05, 0.1) is 25.3 Å². The Morgan fingerprint density at radius 1 is 1.19 bits per heavy atom. The van der Waals surface area contributed by atoms with Crippen LogP contribution in [-0.4, -0.2) is 25.7 Å². The summed E-state index contributed by atoms with van der Waals surface area (Å²) in [4.78, 5) is 24.7. The third-order valence-electron chi connectivity index (χ3n) is 4.57. The van der Waals surface area contributed by atoms with E-state index in [1.165, 1.54) is 20.0 Å². The molecule has 2 N–H and O–H groups in total. The number of carbonyl (C=O) groups excluding carboxylic acids is 2. The van der Waals surface area contributed by atoms with Crippen LogP contribution in [0.3, 0.4) is 0 Å². The van der Waals surface area contributed by atoms with Gasteiger partial charge in [0.1, 0.15) is 5.75 Å². The van der Waals surface area contributed by atoms with Crippen LogP contribution in [0, 0.1) is 5.92 Å². The minimum Gasteiger partial charge on any atom is -0.493 e. The van der Waals surface area contributed by atoms with Gasteiger partial charge in [0, 0.05) is 11.3 Å². The third-order valence-corrected chi connectivity index (χ3v) is 4.57. The molecular weight excluding hydrogens is 344 g/mol. The summed E-state index contributed by atoms with van der Waals surface area (Å²) in [5.41, 5.74) is 1.74. The molecule has 0 bridgehead atoms. The smallest absolute Gasteiger partial charge is 0.337 e. The molecular formula is C21H30N2O4. The quantitative estimate of drug-likeness (QED) is 0.504. The predicted molar refractivity (Wildman–Crippen MR) is 104 cm³/mol. The van der Waals surface area contributed by atoms with E-state index in [1.807, 2.05) is 38.1 Å². The molecule has 0 aliphatic carbocycles. The molecule has 1 unspecified atom stereocenters. The Bertz CT molecular complexity index is 697. The highest BCUT2D eigenvalue weighted by Gasteiger charge is 2.35. The van der Waals surface area contributed by atoms with Crippen molar-refractivity contribution < 1.29 is 19.1 Å². The van der Waals surface area contributed by atoms with Crippen LogP contribution < -0.4 is 15.4 Å². The van der Waals surface area contributed by atoms with Crippen molar-refractivity contribution in [2.75, 3.05) is 13.7 Å². The molecule has 27 heavy (non-hydrogen) atoms. The van der Waals surface area contributed by atoms with E-state index in [0.717, 1.165) is 18.4 Å². The molecule has 0 radical (unpaired) electrons. The van der Waals surface area contributed by atoms with Crippen molar-refractivity contribution in [3.8, 4) is 5.75 Å². The summed E-state index contributed by atoms with van der Waals surface area (Å²) in [5.74, 6) is 0.175. The van der Waals surface area contributed by atoms with Crippen LogP contribution in [0.15, 0.2) is 35.5 Å². The maximum absolute atomic E-state index is 12.5. The molecule has 6 heteroatoms. The van der Waals surface area contributed by atoms with Crippen LogP contribution in [0.5, 0.6) is 5.75 Å². The number of allylic oxidation sites excluding steroid dienone is 1. The zero-order valence-corrected chi connectivity index (χ0v) is 16.6. The standard InChI is InChI=1S/C21H30N2O4/c1-5-6-7-10-13-27-16-12-9-8-11-15(16)19-17(20(24)26-4)18(14(2)3)22-21(25)23-19/h8-9,11-12,14,19H,5-7,10,13H2,1-4H3,(H2,22,23,25). The summed E-state index contributed by atoms with van der Waals surface area (Å²) in [6.07, 6.45) is 4.44. The molecule has 1 aromatic rings. The fourth-order valence-electron chi connectivity index (χ4n) is 3.17. The molecule has 1 heterocycles. The Balaban J connectivity index is 2.35. The number of para-hydroxylation sites is 1. The zero-order valence-electron chi connectivity index (χ0n) is 16.6. The van der Waals surface area contributed by atoms with Gasteiger partial charge in [-0.3, -0.25) is 0 Å². The average molecular weight is 374 g/mol. The first-order valence-corrected chi connectivity index (χ1v) is 9.61. The average Bonchev–Trinajstić information content (AvgIpc) is 2.66. The lowest BCUT2D eigenvalue weighted by Gasteiger charge is -2.31. The molecule has 1 aromatic carbocycles. The molecule has 0 aromatic heterocycles. The number of methoxy groups -OCH3 is 1. The first kappa shape index (κ1) is 20.8. The molecule has 148 valence electrons. The second-order valence-electron chi connectivity index (χ2n) is 6.95. The highest BCUT2D eigenvalue weighted by Crippen LogP contribution is 2.35. The van der Waals surface area contributed by atoms with E-state index in [4.69, 9.17) is 9.47 Å². The van der Waals surface area contributed by atoms with Crippen molar-refractivity contribution in [1.82, 2.24) is 10.6 Å². The SMILES string of the molecule is CCCCCCOc1ccccc1C1NC(=O)NC(C(C)C)=C1C(=O)OC. The van der Waals surface area contributed by atoms with Crippen molar-refractivity contribution in [2.45, 2.75) is 52.5 Å². The summed E-state index contributed by atoms with van der Waals surface area (Å²) in [6.45, 7) is 6.63. The summed E-state index contributed by atoms with van der Waals surface area (Å²) in [6, 6.07) is 6.55. The lowest BCUT2D eigenvalue weighted by atomic mass is 9.91. The maximum atomic E-state index is 12.5. The molecule has 6 nitrogen and oxygen atoms in total. The Hall–Kier alpha value is -2.50. The van der Waals surface area contributed by atoms with Gasteiger partial charge in [0.2, 0.25) is 0 Å². The lowest BCUT2D eigenvalue weighted by Crippen LogP contribution is -2.47. The summed E-state index contributed by atoms with van der Waals surface area (Å²) >= 11 is 0. The summed E-state index contributed by atoms with van der Waals surface area (Å²) in [7, 11) is 1.34. The number of amides is 2. The molecule has 0 saturated carbocycles. The summed E-state index contributed by atoms with van der Waals surface area (Å²) < 4.78 is 11.0. The van der Waals surface area contributed by atoms with Crippen molar-refractivity contribution in [1.29, 1.82) is 0 Å². The van der Waals surface area contributed by atoms with E-state index in [0.29, 0.717) is 23.6 Å². The van der Waals surface area contributed by atoms with E-state index in [9.17, 15) is 9.59 Å². The molecule has 0 saturated heterocycles. The second-order valence-corrected chi connectivity index (χ2v) is 6.95. The number of benzene rings is 1. The molecule has 2 rings (SSSR count). The van der Waals surface area contributed by atoms with E-state index in [-0.39, 0.29) is 11.9 Å². The van der Waals surface area contributed by atoms with Gasteiger partial charge in [-0.05, 0) is 18.4 Å². The molecule has 0 fully saturated rings. The number of urea groups is 1. The van der Waals surface area contributed by atoms with Gasteiger partial charge in [-0.25, -0.2) is 9.59 Å². The Morgan fingerprint density at radius 2 is 1.93 bits per heavy atom. The minimum absolute atomic E-state index is 0.0326. The number of ether oxygens (including phenoxy) is 2. The van der Waals surface area contributed by atoms with Crippen LogP contribution in [0.4, 0.5) is 4.79 Å². The largest absolute Gasteiger partial charge is 0.493 e. The second kappa shape index (κ2) is 10.00. The molecule has 1 atom stereocenters. The number of carbonyl (C=O) groups is 2. The van der Waals surface area contributed by atoms with E-state index >= 15 is 0 Å². The number of esters is 1. The van der Waals surface area contributed by atoms with Gasteiger partial charge >= 0.3 is 12.0 Å². The Labute approximate surface area is 161 Å². The molecule has 1 aliphatic rings. The number of hydrogen-bond acceptors (Lipinski definition) is 4. The number of nitrogens with one attached hydrogen (secondary N) is 2. The number of unbranched alkanes of at least 4 members (excludes halogenated alkanes) is 3. The highest BCUT2D eigenvalue weighted by molar-refractivity contribution is 5.95. The number of rotatable bonds is 9. The van der Waals surface area contributed by atoms with E-state index < -0.39 is 12.0 Å². The van der Waals surface area contributed by atoms with Crippen molar-refractivity contribution in [3.63, 3.8) is 0 Å². The molecule has 2 amide bonds. The minimum atomic E-state index is -0.615. The number of hydrogen-bond donors (Lipinski definition) is 2. The van der Waals surface area contributed by atoms with Crippen LogP contribution >= 0.6 is 0 Å². The highest BCUT2D eigenvalue weighted by atomic mass is 16.5. The van der Waals surface area contributed by atoms with Gasteiger partial charge in [-0.1, -0.05) is 58.2 Å². The van der Waals surface area contributed by atoms with Gasteiger partial charge in [0.15, 0.2) is 0 Å². The fourth-order valence-corrected chi connectivity index (χ4v) is 3.17. The third kappa shape index (κ3) is 5.25. The topological polar surface area (TPSA) is 76.7 Å². The summed E-state index contributed by atoms with van der Waals surface area (Å²) in [5, 5.41) is 5.60. The first-order valence-electron chi connectivity index (χ1n) is 9.61. The predicted octanol–water partition coefficient (Wildman–Crippen LogP) is 4.08. The monoisotopic (exact) mass is 374 g/mol. The van der Waals surface area contributed by atoms with Gasteiger partial charge in [0.25, 0.3) is 0 Å². The van der Waals surface area contributed by atoms with Crippen molar-refractivity contribution in [2.24, 2.45) is 5.92 Å². The first-order chi connectivity index (χ1) is 13.0. The fraction of sp³-hybridized carbons (Fsp3) is 0.524. The van der Waals surface area contributed by atoms with Crippen LogP contribution in [0.2, 0.25) is 0 Å². The molecule has 0 spiro atoms. The Kier molecular flexibility index (Phi) is 7.70. The van der Waals surface area contributed by atoms with Crippen LogP contribution in [0.25, 0.3) is 0 Å². The van der Waals surface area contributed by atoms with Crippen molar-refractivity contribution >= 4 is 12.0 Å². The van der Waals surface area contributed by atoms with Gasteiger partial charge in [-0.2, -0.15) is 0 Å². The normalized spacial score (nSPS) is 16.8.